The van der Waals surface area contributed by atoms with Gasteiger partial charge in [-0.2, -0.15) is 0 Å². The molecular weight excluding hydrogens is 278 g/mol. The van der Waals surface area contributed by atoms with Gasteiger partial charge in [-0.15, -0.1) is 12.4 Å². The van der Waals surface area contributed by atoms with Crippen LogP contribution in [0.4, 0.5) is 0 Å². The first kappa shape index (κ1) is 14.6. The van der Waals surface area contributed by atoms with Gasteiger partial charge in [0.25, 0.3) is 0 Å². The minimum atomic E-state index is 0. The largest absolute Gasteiger partial charge is 0.330 e. The molecule has 2 bridgehead atoms. The number of hydrogen-bond acceptors (Lipinski definition) is 1. The molecule has 0 aromatic heterocycles. The number of rotatable bonds is 3. The molecule has 1 nitrogen and oxygen atoms in total. The van der Waals surface area contributed by atoms with E-state index in [9.17, 15) is 0 Å². The highest BCUT2D eigenvalue weighted by molar-refractivity contribution is 5.85. The van der Waals surface area contributed by atoms with Crippen molar-refractivity contribution in [3.8, 4) is 0 Å². The van der Waals surface area contributed by atoms with Gasteiger partial charge >= 0.3 is 0 Å². The summed E-state index contributed by atoms with van der Waals surface area (Å²) in [5.74, 6) is 0.613. The van der Waals surface area contributed by atoms with Crippen molar-refractivity contribution in [2.75, 3.05) is 6.54 Å². The van der Waals surface area contributed by atoms with E-state index < -0.39 is 0 Å². The van der Waals surface area contributed by atoms with Crippen LogP contribution in [0.1, 0.15) is 53.9 Å². The molecule has 0 saturated carbocycles. The molecule has 21 heavy (non-hydrogen) atoms. The van der Waals surface area contributed by atoms with Crippen LogP contribution in [0.3, 0.4) is 0 Å². The third-order valence-electron chi connectivity index (χ3n) is 5.37. The molecule has 0 spiro atoms. The second-order valence-corrected chi connectivity index (χ2v) is 6.24. The van der Waals surface area contributed by atoms with Gasteiger partial charge in [-0.1, -0.05) is 48.5 Å². The maximum absolute atomic E-state index is 5.81. The lowest BCUT2D eigenvalue weighted by atomic mass is 9.54. The van der Waals surface area contributed by atoms with Gasteiger partial charge in [0.15, 0.2) is 0 Å². The summed E-state index contributed by atoms with van der Waals surface area (Å²) < 4.78 is 0. The second kappa shape index (κ2) is 5.47. The van der Waals surface area contributed by atoms with Crippen LogP contribution in [0.2, 0.25) is 0 Å². The molecular formula is C19H22ClN. The summed E-state index contributed by atoms with van der Waals surface area (Å²) in [5.41, 5.74) is 12.3. The van der Waals surface area contributed by atoms with E-state index in [1.54, 1.807) is 22.3 Å². The maximum atomic E-state index is 5.81. The van der Waals surface area contributed by atoms with Crippen molar-refractivity contribution in [2.24, 2.45) is 5.73 Å². The summed E-state index contributed by atoms with van der Waals surface area (Å²) in [6, 6.07) is 18.2. The Hall–Kier alpha value is -1.31. The molecule has 5 rings (SSSR count). The molecule has 0 radical (unpaired) electrons. The van der Waals surface area contributed by atoms with Crippen molar-refractivity contribution >= 4 is 12.4 Å². The third-order valence-corrected chi connectivity index (χ3v) is 5.37. The van der Waals surface area contributed by atoms with Gasteiger partial charge < -0.3 is 5.73 Å². The van der Waals surface area contributed by atoms with Crippen molar-refractivity contribution in [3.63, 3.8) is 0 Å². The average molecular weight is 300 g/mol. The minimum absolute atomic E-state index is 0. The Balaban J connectivity index is 0.00000132. The van der Waals surface area contributed by atoms with Crippen molar-refractivity contribution < 1.29 is 0 Å². The molecule has 0 aliphatic heterocycles. The van der Waals surface area contributed by atoms with Crippen LogP contribution in [-0.4, -0.2) is 6.54 Å². The first-order chi connectivity index (χ1) is 9.87. The van der Waals surface area contributed by atoms with Crippen molar-refractivity contribution in [2.45, 2.75) is 37.0 Å². The van der Waals surface area contributed by atoms with Crippen molar-refractivity contribution in [1.82, 2.24) is 0 Å². The standard InChI is InChI=1S/C19H21N.ClH/c20-13-5-11-19-12-10-14(15-6-1-3-8-17(15)19)16-7-2-4-9-18(16)19;/h1-4,6-9,14H,5,10-13,20H2;1H. The summed E-state index contributed by atoms with van der Waals surface area (Å²) in [5, 5.41) is 0. The highest BCUT2D eigenvalue weighted by Crippen LogP contribution is 2.57. The number of fused-ring (bicyclic) bond motifs is 1. The average Bonchev–Trinajstić information content (AvgIpc) is 2.54. The molecule has 0 heterocycles. The van der Waals surface area contributed by atoms with E-state index in [2.05, 4.69) is 48.5 Å². The van der Waals surface area contributed by atoms with E-state index in [1.807, 2.05) is 0 Å². The number of halogens is 1. The highest BCUT2D eigenvalue weighted by atomic mass is 35.5. The topological polar surface area (TPSA) is 26.0 Å². The Bertz CT molecular complexity index is 602. The number of hydrogen-bond donors (Lipinski definition) is 1. The molecule has 0 fully saturated rings. The summed E-state index contributed by atoms with van der Waals surface area (Å²) >= 11 is 0. The zero-order valence-corrected chi connectivity index (χ0v) is 13.0. The molecule has 0 saturated heterocycles. The van der Waals surface area contributed by atoms with Crippen molar-refractivity contribution in [1.29, 1.82) is 0 Å². The number of benzene rings is 2. The van der Waals surface area contributed by atoms with Crippen molar-refractivity contribution in [3.05, 3.63) is 70.8 Å². The first-order valence-electron chi connectivity index (χ1n) is 7.76. The smallest absolute Gasteiger partial charge is 0.0209 e. The Morgan fingerprint density at radius 1 is 0.952 bits per heavy atom. The van der Waals surface area contributed by atoms with Crippen LogP contribution < -0.4 is 5.73 Å². The van der Waals surface area contributed by atoms with E-state index in [0.29, 0.717) is 5.92 Å². The molecule has 3 aliphatic carbocycles. The fourth-order valence-corrected chi connectivity index (χ4v) is 4.56. The molecule has 0 amide bonds. The number of nitrogens with two attached hydrogens (primary N) is 1. The van der Waals surface area contributed by atoms with Gasteiger partial charge in [0.1, 0.15) is 0 Å². The van der Waals surface area contributed by atoms with Gasteiger partial charge in [-0.05, 0) is 54.5 Å². The fourth-order valence-electron chi connectivity index (χ4n) is 4.56. The minimum Gasteiger partial charge on any atom is -0.330 e. The highest BCUT2D eigenvalue weighted by Gasteiger charge is 2.47. The zero-order valence-electron chi connectivity index (χ0n) is 12.2. The molecule has 0 unspecified atom stereocenters. The van der Waals surface area contributed by atoms with Crippen LogP contribution in [0.15, 0.2) is 48.5 Å². The van der Waals surface area contributed by atoms with E-state index >= 15 is 0 Å². The van der Waals surface area contributed by atoms with Crippen LogP contribution in [0, 0.1) is 0 Å². The molecule has 2 N–H and O–H groups in total. The SMILES string of the molecule is Cl.NCCCC12CCC(c3ccccc31)c1ccccc12. The quantitative estimate of drug-likeness (QED) is 0.894. The molecule has 0 atom stereocenters. The summed E-state index contributed by atoms with van der Waals surface area (Å²) in [7, 11) is 0. The van der Waals surface area contributed by atoms with Gasteiger partial charge in [-0.25, -0.2) is 0 Å². The van der Waals surface area contributed by atoms with Gasteiger partial charge in [0, 0.05) is 11.3 Å². The van der Waals surface area contributed by atoms with Gasteiger partial charge in [0.05, 0.1) is 0 Å². The summed E-state index contributed by atoms with van der Waals surface area (Å²) in [6.45, 7) is 0.787. The molecule has 110 valence electrons. The van der Waals surface area contributed by atoms with E-state index in [1.165, 1.54) is 19.3 Å². The lowest BCUT2D eigenvalue weighted by molar-refractivity contribution is 0.344. The maximum Gasteiger partial charge on any atom is 0.0209 e. The third kappa shape index (κ3) is 1.95. The zero-order chi connectivity index (χ0) is 13.6. The second-order valence-electron chi connectivity index (χ2n) is 6.24. The van der Waals surface area contributed by atoms with E-state index in [-0.39, 0.29) is 17.8 Å². The lowest BCUT2D eigenvalue weighted by Gasteiger charge is -2.49. The monoisotopic (exact) mass is 299 g/mol. The molecule has 2 heteroatoms. The van der Waals surface area contributed by atoms with Crippen LogP contribution in [0.5, 0.6) is 0 Å². The van der Waals surface area contributed by atoms with Crippen LogP contribution in [-0.2, 0) is 5.41 Å². The Labute approximate surface area is 133 Å². The molecule has 3 aliphatic rings. The van der Waals surface area contributed by atoms with Gasteiger partial charge in [-0.3, -0.25) is 0 Å². The fraction of sp³-hybridized carbons (Fsp3) is 0.368. The molecule has 2 aromatic rings. The van der Waals surface area contributed by atoms with Crippen LogP contribution >= 0.6 is 12.4 Å². The molecule has 2 aromatic carbocycles. The Morgan fingerprint density at radius 3 is 2.10 bits per heavy atom. The Kier molecular flexibility index (Phi) is 3.81. The van der Waals surface area contributed by atoms with Gasteiger partial charge in [0.2, 0.25) is 0 Å². The van der Waals surface area contributed by atoms with E-state index in [0.717, 1.165) is 13.0 Å². The normalized spacial score (nSPS) is 24.9. The summed E-state index contributed by atoms with van der Waals surface area (Å²) in [4.78, 5) is 0. The predicted octanol–water partition coefficient (Wildman–Crippen LogP) is 4.37. The summed E-state index contributed by atoms with van der Waals surface area (Å²) in [6.07, 6.45) is 4.86. The lowest BCUT2D eigenvalue weighted by Crippen LogP contribution is -2.40. The Morgan fingerprint density at radius 2 is 1.52 bits per heavy atom. The van der Waals surface area contributed by atoms with Crippen LogP contribution in [0.25, 0.3) is 0 Å². The van der Waals surface area contributed by atoms with E-state index in [4.69, 9.17) is 5.73 Å². The predicted molar refractivity (Wildman–Crippen MR) is 90.3 cm³/mol. The first-order valence-corrected chi connectivity index (χ1v) is 7.76.